The van der Waals surface area contributed by atoms with E-state index < -0.39 is 73.5 Å². The lowest BCUT2D eigenvalue weighted by Crippen LogP contribution is -2.55. The van der Waals surface area contributed by atoms with E-state index in [0.717, 1.165) is 21.9 Å². The molecule has 13 nitrogen and oxygen atoms in total. The minimum absolute atomic E-state index is 0.0767. The Balaban J connectivity index is 1.98. The zero-order chi connectivity index (χ0) is 28.9. The van der Waals surface area contributed by atoms with E-state index in [1.54, 1.807) is 6.07 Å². The molecule has 2 aromatic carbocycles. The lowest BCUT2D eigenvalue weighted by molar-refractivity contribution is -0.139. The average Bonchev–Trinajstić information content (AvgIpc) is 3.01. The number of carbonyl (C=O) groups is 6. The number of rotatable bonds is 9. The quantitative estimate of drug-likeness (QED) is 0.260. The number of amides is 4. The lowest BCUT2D eigenvalue weighted by Gasteiger charge is -2.25. The fourth-order valence-electron chi connectivity index (χ4n) is 3.83. The Bertz CT molecular complexity index is 1310. The van der Waals surface area contributed by atoms with E-state index in [-0.39, 0.29) is 33.3 Å². The largest absolute Gasteiger partial charge is 0.505 e. The van der Waals surface area contributed by atoms with Crippen molar-refractivity contribution >= 4 is 70.5 Å². The first-order valence-electron chi connectivity index (χ1n) is 11.2. The number of carbonyl (C=O) groups excluding carboxylic acids is 5. The van der Waals surface area contributed by atoms with Crippen LogP contribution in [0, 0.1) is 0 Å². The van der Waals surface area contributed by atoms with Gasteiger partial charge in [0, 0.05) is 5.56 Å². The molecule has 39 heavy (non-hydrogen) atoms. The van der Waals surface area contributed by atoms with Gasteiger partial charge in [0.1, 0.15) is 25.5 Å². The van der Waals surface area contributed by atoms with E-state index in [9.17, 15) is 39.0 Å². The number of carboxylic acids is 1. The third-order valence-electron chi connectivity index (χ3n) is 5.62. The molecular formula is C24H22Cl2N4O9. The Morgan fingerprint density at radius 1 is 1.10 bits per heavy atom. The van der Waals surface area contributed by atoms with Gasteiger partial charge in [-0.25, -0.2) is 0 Å². The number of para-hydroxylation sites is 2. The van der Waals surface area contributed by atoms with Crippen LogP contribution in [0.1, 0.15) is 16.8 Å². The molecule has 1 heterocycles. The smallest absolute Gasteiger partial charge is 0.305 e. The molecule has 0 saturated carbocycles. The number of fused-ring (bicyclic) bond motifs is 1. The van der Waals surface area contributed by atoms with Gasteiger partial charge in [0.2, 0.25) is 5.91 Å². The first kappa shape index (κ1) is 29.4. The molecule has 5 N–H and O–H groups in total. The number of hydrogen-bond acceptors (Lipinski definition) is 8. The van der Waals surface area contributed by atoms with Gasteiger partial charge in [-0.15, -0.1) is 0 Å². The summed E-state index contributed by atoms with van der Waals surface area (Å²) in [6.45, 7) is -2.07. The molecule has 15 heteroatoms. The molecule has 2 unspecified atom stereocenters. The van der Waals surface area contributed by atoms with Crippen LogP contribution in [-0.4, -0.2) is 83.0 Å². The maximum absolute atomic E-state index is 13.7. The highest BCUT2D eigenvalue weighted by Crippen LogP contribution is 2.34. The van der Waals surface area contributed by atoms with Gasteiger partial charge >= 0.3 is 5.97 Å². The SMILES string of the molecule is O=CC(CC(=O)O)NC(=O)CN1C(=O)C(NC(=O)c2cc(Cl)c(O)c(Cl)c2)CN(C(=O)CO)c2ccccc21. The summed E-state index contributed by atoms with van der Waals surface area (Å²) in [6.07, 6.45) is -0.447. The van der Waals surface area contributed by atoms with Crippen LogP contribution in [0.25, 0.3) is 0 Å². The summed E-state index contributed by atoms with van der Waals surface area (Å²) in [5.74, 6) is -5.18. The number of nitrogens with zero attached hydrogens (tertiary/aromatic N) is 2. The summed E-state index contributed by atoms with van der Waals surface area (Å²) in [4.78, 5) is 76.2. The molecule has 206 valence electrons. The van der Waals surface area contributed by atoms with Gasteiger partial charge in [0.15, 0.2) is 5.75 Å². The fraction of sp³-hybridized carbons (Fsp3) is 0.250. The number of benzene rings is 2. The number of halogens is 2. The monoisotopic (exact) mass is 580 g/mol. The van der Waals surface area contributed by atoms with E-state index in [1.807, 2.05) is 0 Å². The molecule has 3 rings (SSSR count). The van der Waals surface area contributed by atoms with E-state index in [2.05, 4.69) is 10.6 Å². The summed E-state index contributed by atoms with van der Waals surface area (Å²) in [6, 6.07) is 5.36. The van der Waals surface area contributed by atoms with Crippen LogP contribution in [0.3, 0.4) is 0 Å². The van der Waals surface area contributed by atoms with Gasteiger partial charge < -0.3 is 35.6 Å². The lowest BCUT2D eigenvalue weighted by atomic mass is 10.1. The van der Waals surface area contributed by atoms with Gasteiger partial charge in [0.25, 0.3) is 17.7 Å². The summed E-state index contributed by atoms with van der Waals surface area (Å²) >= 11 is 11.8. The number of aliphatic hydroxyl groups excluding tert-OH is 1. The van der Waals surface area contributed by atoms with Crippen molar-refractivity contribution in [3.63, 3.8) is 0 Å². The highest BCUT2D eigenvalue weighted by atomic mass is 35.5. The molecule has 0 radical (unpaired) electrons. The first-order valence-corrected chi connectivity index (χ1v) is 12.0. The van der Waals surface area contributed by atoms with Crippen molar-refractivity contribution in [3.8, 4) is 5.75 Å². The zero-order valence-corrected chi connectivity index (χ0v) is 21.5. The highest BCUT2D eigenvalue weighted by molar-refractivity contribution is 6.37. The van der Waals surface area contributed by atoms with Gasteiger partial charge in [0.05, 0.1) is 40.4 Å². The maximum Gasteiger partial charge on any atom is 0.305 e. The number of carboxylic acid groups (broad SMARTS) is 1. The molecule has 1 aliphatic rings. The minimum Gasteiger partial charge on any atom is -0.505 e. The molecule has 2 atom stereocenters. The zero-order valence-electron chi connectivity index (χ0n) is 20.0. The number of aldehydes is 1. The molecule has 0 aliphatic carbocycles. The molecule has 1 aliphatic heterocycles. The number of aromatic hydroxyl groups is 1. The van der Waals surface area contributed by atoms with Crippen LogP contribution in [0.15, 0.2) is 36.4 Å². The van der Waals surface area contributed by atoms with Crippen LogP contribution in [-0.2, 0) is 24.0 Å². The molecular weight excluding hydrogens is 559 g/mol. The van der Waals surface area contributed by atoms with E-state index in [0.29, 0.717) is 0 Å². The Hall–Kier alpha value is -4.20. The van der Waals surface area contributed by atoms with Crippen LogP contribution in [0.4, 0.5) is 11.4 Å². The van der Waals surface area contributed by atoms with Crippen LogP contribution >= 0.6 is 23.2 Å². The number of nitrogens with one attached hydrogen (secondary N) is 2. The van der Waals surface area contributed by atoms with Crippen molar-refractivity contribution in [3.05, 3.63) is 52.0 Å². The van der Waals surface area contributed by atoms with E-state index in [1.165, 1.54) is 18.2 Å². The number of anilines is 2. The Labute approximate surface area is 230 Å². The minimum atomic E-state index is -1.46. The molecule has 0 saturated heterocycles. The average molecular weight is 581 g/mol. The standard InChI is InChI=1S/C24H22Cl2N4O9/c25-14-5-12(6-15(26)22(14)37)23(38)28-16-8-29(20(34)11-32)17-3-1-2-4-18(17)30(24(16)39)9-19(33)27-13(10-31)7-21(35)36/h1-6,10,13,16,32,37H,7-9,11H2,(H,27,33)(H,28,38)(H,35,36). The second-order valence-corrected chi connectivity index (χ2v) is 9.11. The predicted molar refractivity (Wildman–Crippen MR) is 138 cm³/mol. The van der Waals surface area contributed by atoms with Crippen LogP contribution < -0.4 is 20.4 Å². The molecule has 0 bridgehead atoms. The van der Waals surface area contributed by atoms with Crippen molar-refractivity contribution < 1.29 is 44.1 Å². The third-order valence-corrected chi connectivity index (χ3v) is 6.20. The van der Waals surface area contributed by atoms with Crippen molar-refractivity contribution in [2.24, 2.45) is 0 Å². The van der Waals surface area contributed by atoms with Gasteiger partial charge in [-0.1, -0.05) is 35.3 Å². The third kappa shape index (κ3) is 6.82. The topological polar surface area (TPSA) is 194 Å². The Morgan fingerprint density at radius 3 is 2.28 bits per heavy atom. The maximum atomic E-state index is 13.7. The number of aliphatic hydroxyl groups is 1. The van der Waals surface area contributed by atoms with E-state index >= 15 is 0 Å². The Morgan fingerprint density at radius 2 is 1.72 bits per heavy atom. The molecule has 0 aromatic heterocycles. The van der Waals surface area contributed by atoms with Crippen LogP contribution in [0.5, 0.6) is 5.75 Å². The number of aliphatic carboxylic acids is 1. The summed E-state index contributed by atoms with van der Waals surface area (Å²) in [7, 11) is 0. The fourth-order valence-corrected chi connectivity index (χ4v) is 4.32. The molecule has 2 aromatic rings. The molecule has 0 spiro atoms. The van der Waals surface area contributed by atoms with Crippen molar-refractivity contribution in [2.75, 3.05) is 29.5 Å². The second kappa shape index (κ2) is 12.6. The second-order valence-electron chi connectivity index (χ2n) is 8.30. The summed E-state index contributed by atoms with van der Waals surface area (Å²) in [5.41, 5.74) is 0.0969. The predicted octanol–water partition coefficient (Wildman–Crippen LogP) is 0.328. The molecule has 4 amide bonds. The molecule has 0 fully saturated rings. The number of hydrogen-bond donors (Lipinski definition) is 5. The first-order chi connectivity index (χ1) is 18.5. The van der Waals surface area contributed by atoms with Crippen molar-refractivity contribution in [1.29, 1.82) is 0 Å². The van der Waals surface area contributed by atoms with Crippen LogP contribution in [0.2, 0.25) is 10.0 Å². The van der Waals surface area contributed by atoms with Gasteiger partial charge in [-0.2, -0.15) is 0 Å². The van der Waals surface area contributed by atoms with E-state index in [4.69, 9.17) is 28.3 Å². The number of phenols is 1. The number of phenolic OH excluding ortho intramolecular Hbond substituents is 1. The summed E-state index contributed by atoms with van der Waals surface area (Å²) in [5, 5.41) is 32.4. The van der Waals surface area contributed by atoms with Crippen molar-refractivity contribution in [1.82, 2.24) is 10.6 Å². The van der Waals surface area contributed by atoms with Gasteiger partial charge in [-0.3, -0.25) is 28.9 Å². The normalized spacial score (nSPS) is 15.6. The van der Waals surface area contributed by atoms with Crippen molar-refractivity contribution in [2.45, 2.75) is 18.5 Å². The Kier molecular flexibility index (Phi) is 9.46. The summed E-state index contributed by atoms with van der Waals surface area (Å²) < 4.78 is 0. The highest BCUT2D eigenvalue weighted by Gasteiger charge is 2.38. The van der Waals surface area contributed by atoms with Gasteiger partial charge in [-0.05, 0) is 24.3 Å².